The number of hydrogen-bond donors (Lipinski definition) is 0. The molecule has 1 aliphatic rings. The number of nitrogens with zero attached hydrogens (tertiary/aromatic N) is 1. The van der Waals surface area contributed by atoms with E-state index in [0.717, 1.165) is 29.0 Å². The van der Waals surface area contributed by atoms with Crippen LogP contribution >= 0.6 is 15.9 Å². The van der Waals surface area contributed by atoms with E-state index in [4.69, 9.17) is 4.74 Å². The molecular formula is C15H21BrFNO. The lowest BCUT2D eigenvalue weighted by Gasteiger charge is -2.29. The van der Waals surface area contributed by atoms with Crippen LogP contribution in [0.2, 0.25) is 0 Å². The normalized spacial score (nSPS) is 16.9. The van der Waals surface area contributed by atoms with Gasteiger partial charge in [0.05, 0.1) is 6.61 Å². The summed E-state index contributed by atoms with van der Waals surface area (Å²) < 4.78 is 19.4. The lowest BCUT2D eigenvalue weighted by Crippen LogP contribution is -2.36. The van der Waals surface area contributed by atoms with Gasteiger partial charge in [-0.1, -0.05) is 15.9 Å². The van der Waals surface area contributed by atoms with E-state index in [2.05, 4.69) is 27.8 Å². The van der Waals surface area contributed by atoms with Crippen LogP contribution in [0.15, 0.2) is 22.7 Å². The second kappa shape index (κ2) is 6.82. The van der Waals surface area contributed by atoms with E-state index in [0.29, 0.717) is 12.6 Å². The van der Waals surface area contributed by atoms with Crippen LogP contribution in [-0.2, 0) is 11.3 Å². The van der Waals surface area contributed by atoms with Crippen molar-refractivity contribution in [2.75, 3.05) is 20.3 Å². The molecule has 1 fully saturated rings. The summed E-state index contributed by atoms with van der Waals surface area (Å²) in [5, 5.41) is 0. The Morgan fingerprint density at radius 3 is 2.74 bits per heavy atom. The summed E-state index contributed by atoms with van der Waals surface area (Å²) in [5.41, 5.74) is 1.01. The Balaban J connectivity index is 2.04. The van der Waals surface area contributed by atoms with Gasteiger partial charge in [0, 0.05) is 30.7 Å². The molecule has 0 bridgehead atoms. The van der Waals surface area contributed by atoms with Gasteiger partial charge in [0.15, 0.2) is 0 Å². The van der Waals surface area contributed by atoms with Crippen LogP contribution in [0.1, 0.15) is 25.3 Å². The third-order valence-corrected chi connectivity index (χ3v) is 4.23. The summed E-state index contributed by atoms with van der Waals surface area (Å²) in [4.78, 5) is 2.39. The first kappa shape index (κ1) is 14.9. The van der Waals surface area contributed by atoms with E-state index in [1.807, 2.05) is 6.07 Å². The van der Waals surface area contributed by atoms with Crippen molar-refractivity contribution in [2.45, 2.75) is 32.4 Å². The molecule has 2 rings (SSSR count). The highest BCUT2D eigenvalue weighted by molar-refractivity contribution is 9.10. The SMILES string of the molecule is COCCN(Cc1cc(F)cc(Br)c1)C(C)C1CC1. The fourth-order valence-corrected chi connectivity index (χ4v) is 2.96. The fraction of sp³-hybridized carbons (Fsp3) is 0.600. The van der Waals surface area contributed by atoms with Crippen molar-refractivity contribution < 1.29 is 9.13 Å². The highest BCUT2D eigenvalue weighted by Crippen LogP contribution is 2.35. The standard InChI is InChI=1S/C15H21BrFNO/c1-11(13-3-4-13)18(5-6-19-2)10-12-7-14(16)9-15(17)8-12/h7-9,11,13H,3-6,10H2,1-2H3. The quantitative estimate of drug-likeness (QED) is 0.753. The van der Waals surface area contributed by atoms with Gasteiger partial charge in [-0.15, -0.1) is 0 Å². The average molecular weight is 330 g/mol. The molecule has 0 heterocycles. The van der Waals surface area contributed by atoms with Crippen LogP contribution in [-0.4, -0.2) is 31.2 Å². The van der Waals surface area contributed by atoms with Gasteiger partial charge in [0.1, 0.15) is 5.82 Å². The summed E-state index contributed by atoms with van der Waals surface area (Å²) in [6, 6.07) is 5.64. The first-order valence-electron chi connectivity index (χ1n) is 6.78. The van der Waals surface area contributed by atoms with Gasteiger partial charge >= 0.3 is 0 Å². The molecule has 0 aliphatic heterocycles. The Morgan fingerprint density at radius 1 is 1.42 bits per heavy atom. The van der Waals surface area contributed by atoms with Gasteiger partial charge in [0.2, 0.25) is 0 Å². The Labute approximate surface area is 123 Å². The van der Waals surface area contributed by atoms with Crippen LogP contribution in [0.5, 0.6) is 0 Å². The number of hydrogen-bond acceptors (Lipinski definition) is 2. The molecule has 1 aromatic carbocycles. The van der Waals surface area contributed by atoms with Gasteiger partial charge in [-0.3, -0.25) is 4.90 Å². The third kappa shape index (κ3) is 4.55. The van der Waals surface area contributed by atoms with E-state index < -0.39 is 0 Å². The van der Waals surface area contributed by atoms with Gasteiger partial charge in [-0.25, -0.2) is 4.39 Å². The van der Waals surface area contributed by atoms with Crippen molar-refractivity contribution in [3.8, 4) is 0 Å². The Hall–Kier alpha value is -0.450. The first-order chi connectivity index (χ1) is 9.10. The number of benzene rings is 1. The second-order valence-corrected chi connectivity index (χ2v) is 6.23. The lowest BCUT2D eigenvalue weighted by molar-refractivity contribution is 0.111. The molecule has 0 aromatic heterocycles. The molecule has 1 atom stereocenters. The number of methoxy groups -OCH3 is 1. The van der Waals surface area contributed by atoms with Crippen molar-refractivity contribution in [3.63, 3.8) is 0 Å². The van der Waals surface area contributed by atoms with Crippen molar-refractivity contribution in [1.29, 1.82) is 0 Å². The predicted molar refractivity (Wildman–Crippen MR) is 78.6 cm³/mol. The smallest absolute Gasteiger partial charge is 0.124 e. The summed E-state index contributed by atoms with van der Waals surface area (Å²) >= 11 is 3.35. The van der Waals surface area contributed by atoms with Gasteiger partial charge in [-0.2, -0.15) is 0 Å². The van der Waals surface area contributed by atoms with Crippen LogP contribution in [0, 0.1) is 11.7 Å². The topological polar surface area (TPSA) is 12.5 Å². The number of ether oxygens (including phenoxy) is 1. The molecule has 2 nitrogen and oxygen atoms in total. The Bertz CT molecular complexity index is 402. The Morgan fingerprint density at radius 2 is 2.16 bits per heavy atom. The van der Waals surface area contributed by atoms with Crippen molar-refractivity contribution in [3.05, 3.63) is 34.1 Å². The molecule has 0 saturated heterocycles. The van der Waals surface area contributed by atoms with E-state index >= 15 is 0 Å². The minimum absolute atomic E-state index is 0.185. The molecule has 1 aliphatic carbocycles. The van der Waals surface area contributed by atoms with Gasteiger partial charge < -0.3 is 4.74 Å². The molecular weight excluding hydrogens is 309 g/mol. The zero-order valence-electron chi connectivity index (χ0n) is 11.5. The van der Waals surface area contributed by atoms with Crippen LogP contribution in [0.25, 0.3) is 0 Å². The van der Waals surface area contributed by atoms with Crippen molar-refractivity contribution >= 4 is 15.9 Å². The molecule has 0 amide bonds. The van der Waals surface area contributed by atoms with Gasteiger partial charge in [0.25, 0.3) is 0 Å². The third-order valence-electron chi connectivity index (χ3n) is 3.77. The van der Waals surface area contributed by atoms with E-state index in [1.165, 1.54) is 18.9 Å². The molecule has 1 aromatic rings. The second-order valence-electron chi connectivity index (χ2n) is 5.32. The minimum atomic E-state index is -0.185. The molecule has 1 unspecified atom stereocenters. The maximum absolute atomic E-state index is 13.4. The largest absolute Gasteiger partial charge is 0.383 e. The zero-order chi connectivity index (χ0) is 13.8. The molecule has 4 heteroatoms. The molecule has 0 N–H and O–H groups in total. The summed E-state index contributed by atoms with van der Waals surface area (Å²) in [6.07, 6.45) is 2.63. The van der Waals surface area contributed by atoms with Crippen molar-refractivity contribution in [1.82, 2.24) is 4.90 Å². The maximum Gasteiger partial charge on any atom is 0.124 e. The highest BCUT2D eigenvalue weighted by Gasteiger charge is 2.31. The average Bonchev–Trinajstić information content (AvgIpc) is 3.16. The van der Waals surface area contributed by atoms with E-state index in [1.54, 1.807) is 13.2 Å². The fourth-order valence-electron chi connectivity index (χ4n) is 2.45. The first-order valence-corrected chi connectivity index (χ1v) is 7.57. The summed E-state index contributed by atoms with van der Waals surface area (Å²) in [6.45, 7) is 4.65. The monoisotopic (exact) mass is 329 g/mol. The number of halogens is 2. The van der Waals surface area contributed by atoms with Crippen LogP contribution in [0.4, 0.5) is 4.39 Å². The lowest BCUT2D eigenvalue weighted by atomic mass is 10.1. The molecule has 19 heavy (non-hydrogen) atoms. The molecule has 0 spiro atoms. The highest BCUT2D eigenvalue weighted by atomic mass is 79.9. The molecule has 0 radical (unpaired) electrons. The van der Waals surface area contributed by atoms with E-state index in [9.17, 15) is 4.39 Å². The van der Waals surface area contributed by atoms with Crippen LogP contribution < -0.4 is 0 Å². The van der Waals surface area contributed by atoms with E-state index in [-0.39, 0.29) is 5.82 Å². The maximum atomic E-state index is 13.4. The molecule has 1 saturated carbocycles. The van der Waals surface area contributed by atoms with Crippen LogP contribution in [0.3, 0.4) is 0 Å². The Kier molecular flexibility index (Phi) is 5.37. The zero-order valence-corrected chi connectivity index (χ0v) is 13.1. The number of rotatable bonds is 7. The van der Waals surface area contributed by atoms with Gasteiger partial charge in [-0.05, 0) is 49.4 Å². The predicted octanol–water partition coefficient (Wildman–Crippen LogP) is 3.84. The summed E-state index contributed by atoms with van der Waals surface area (Å²) in [7, 11) is 1.72. The minimum Gasteiger partial charge on any atom is -0.383 e. The summed E-state index contributed by atoms with van der Waals surface area (Å²) in [5.74, 6) is 0.615. The van der Waals surface area contributed by atoms with Crippen molar-refractivity contribution in [2.24, 2.45) is 5.92 Å². The molecule has 106 valence electrons.